The van der Waals surface area contributed by atoms with E-state index in [0.717, 1.165) is 41.1 Å². The molecule has 1 unspecified atom stereocenters. The summed E-state index contributed by atoms with van der Waals surface area (Å²) in [5.41, 5.74) is 2.06. The Morgan fingerprint density at radius 3 is 2.67 bits per heavy atom. The zero-order chi connectivity index (χ0) is 14.8. The van der Waals surface area contributed by atoms with Crippen molar-refractivity contribution in [2.75, 3.05) is 0 Å². The first kappa shape index (κ1) is 14.6. The molecule has 0 bridgehead atoms. The molecule has 0 amide bonds. The van der Waals surface area contributed by atoms with Crippen LogP contribution in [0.15, 0.2) is 28.7 Å². The summed E-state index contributed by atoms with van der Waals surface area (Å²) in [6.45, 7) is 4.32. The zero-order valence-electron chi connectivity index (χ0n) is 13.1. The second kappa shape index (κ2) is 6.23. The lowest BCUT2D eigenvalue weighted by Crippen LogP contribution is -2.20. The minimum atomic E-state index is -0.445. The molecular formula is C19H26O2. The fourth-order valence-electron chi connectivity index (χ4n) is 3.81. The monoisotopic (exact) mass is 286 g/mol. The van der Waals surface area contributed by atoms with Gasteiger partial charge in [0.25, 0.3) is 0 Å². The standard InChI is InChI=1S/C19H26O2/c1-3-5-14-8-10-15(11-9-14)18(20)17-12-16-7-4-6-13(2)19(16)21-17/h4,6-7,12,14-15,18,20H,3,5,8-11H2,1-2H3. The van der Waals surface area contributed by atoms with E-state index in [1.807, 2.05) is 12.1 Å². The molecule has 1 atom stereocenters. The van der Waals surface area contributed by atoms with Gasteiger partial charge in [-0.1, -0.05) is 50.8 Å². The molecule has 3 rings (SSSR count). The number of aliphatic hydroxyl groups excluding tert-OH is 1. The van der Waals surface area contributed by atoms with Crippen LogP contribution in [0.1, 0.15) is 62.9 Å². The van der Waals surface area contributed by atoms with Crippen molar-refractivity contribution >= 4 is 11.0 Å². The fraction of sp³-hybridized carbons (Fsp3) is 0.579. The molecule has 0 aliphatic heterocycles. The van der Waals surface area contributed by atoms with Gasteiger partial charge in [0.2, 0.25) is 0 Å². The number of hydrogen-bond donors (Lipinski definition) is 1. The molecule has 0 saturated heterocycles. The van der Waals surface area contributed by atoms with Crippen LogP contribution in [0.25, 0.3) is 11.0 Å². The van der Waals surface area contributed by atoms with E-state index in [1.165, 1.54) is 25.7 Å². The number of hydrogen-bond acceptors (Lipinski definition) is 2. The summed E-state index contributed by atoms with van der Waals surface area (Å²) < 4.78 is 5.94. The van der Waals surface area contributed by atoms with Crippen molar-refractivity contribution in [3.63, 3.8) is 0 Å². The van der Waals surface area contributed by atoms with E-state index in [2.05, 4.69) is 26.0 Å². The summed E-state index contributed by atoms with van der Waals surface area (Å²) in [7, 11) is 0. The van der Waals surface area contributed by atoms with Gasteiger partial charge >= 0.3 is 0 Å². The number of furan rings is 1. The average molecular weight is 286 g/mol. The Hall–Kier alpha value is -1.28. The summed E-state index contributed by atoms with van der Waals surface area (Å²) in [6.07, 6.45) is 6.94. The van der Waals surface area contributed by atoms with Crippen molar-refractivity contribution in [1.82, 2.24) is 0 Å². The largest absolute Gasteiger partial charge is 0.458 e. The molecule has 1 fully saturated rings. The van der Waals surface area contributed by atoms with Gasteiger partial charge in [0.05, 0.1) is 0 Å². The highest BCUT2D eigenvalue weighted by molar-refractivity contribution is 5.80. The van der Waals surface area contributed by atoms with Crippen LogP contribution < -0.4 is 0 Å². The number of rotatable bonds is 4. The van der Waals surface area contributed by atoms with Gasteiger partial charge in [-0.15, -0.1) is 0 Å². The highest BCUT2D eigenvalue weighted by Gasteiger charge is 2.29. The molecule has 21 heavy (non-hydrogen) atoms. The van der Waals surface area contributed by atoms with Crippen LogP contribution in [0.4, 0.5) is 0 Å². The molecule has 1 saturated carbocycles. The molecule has 2 nitrogen and oxygen atoms in total. The van der Waals surface area contributed by atoms with Crippen molar-refractivity contribution in [2.24, 2.45) is 11.8 Å². The van der Waals surface area contributed by atoms with Crippen molar-refractivity contribution in [1.29, 1.82) is 0 Å². The van der Waals surface area contributed by atoms with Crippen LogP contribution >= 0.6 is 0 Å². The van der Waals surface area contributed by atoms with E-state index in [9.17, 15) is 5.11 Å². The Balaban J connectivity index is 1.72. The Bertz CT molecular complexity index is 591. The van der Waals surface area contributed by atoms with Crippen LogP contribution in [0.2, 0.25) is 0 Å². The summed E-state index contributed by atoms with van der Waals surface area (Å²) in [4.78, 5) is 0. The molecular weight excluding hydrogens is 260 g/mol. The quantitative estimate of drug-likeness (QED) is 0.818. The van der Waals surface area contributed by atoms with E-state index >= 15 is 0 Å². The summed E-state index contributed by atoms with van der Waals surface area (Å²) in [5, 5.41) is 11.8. The SMILES string of the molecule is CCCC1CCC(C(O)c2cc3cccc(C)c3o2)CC1. The third-order valence-corrected chi connectivity index (χ3v) is 5.09. The van der Waals surface area contributed by atoms with E-state index in [1.54, 1.807) is 0 Å². The molecule has 1 N–H and O–H groups in total. The number of benzene rings is 1. The molecule has 1 aromatic carbocycles. The van der Waals surface area contributed by atoms with Gasteiger partial charge in [-0.25, -0.2) is 0 Å². The maximum absolute atomic E-state index is 10.7. The van der Waals surface area contributed by atoms with Crippen molar-refractivity contribution < 1.29 is 9.52 Å². The van der Waals surface area contributed by atoms with Gasteiger partial charge in [-0.05, 0) is 43.2 Å². The lowest BCUT2D eigenvalue weighted by atomic mass is 9.77. The Kier molecular flexibility index (Phi) is 4.34. The lowest BCUT2D eigenvalue weighted by molar-refractivity contribution is 0.0560. The summed E-state index contributed by atoms with van der Waals surface area (Å²) in [6, 6.07) is 8.17. The first-order valence-electron chi connectivity index (χ1n) is 8.36. The highest BCUT2D eigenvalue weighted by atomic mass is 16.4. The van der Waals surface area contributed by atoms with E-state index in [4.69, 9.17) is 4.42 Å². The van der Waals surface area contributed by atoms with Gasteiger partial charge in [0.15, 0.2) is 0 Å². The highest BCUT2D eigenvalue weighted by Crippen LogP contribution is 2.39. The number of aryl methyl sites for hydroxylation is 1. The first-order chi connectivity index (χ1) is 10.2. The van der Waals surface area contributed by atoms with Gasteiger partial charge < -0.3 is 9.52 Å². The normalized spacial score (nSPS) is 24.3. The molecule has 114 valence electrons. The first-order valence-corrected chi connectivity index (χ1v) is 8.36. The molecule has 1 aliphatic rings. The third kappa shape index (κ3) is 3.01. The number of para-hydroxylation sites is 1. The van der Waals surface area contributed by atoms with Gasteiger partial charge in [-0.2, -0.15) is 0 Å². The summed E-state index contributed by atoms with van der Waals surface area (Å²) >= 11 is 0. The predicted molar refractivity (Wildman–Crippen MR) is 86.3 cm³/mol. The second-order valence-corrected chi connectivity index (χ2v) is 6.66. The Morgan fingerprint density at radius 1 is 1.24 bits per heavy atom. The van der Waals surface area contributed by atoms with Crippen LogP contribution in [0.3, 0.4) is 0 Å². The third-order valence-electron chi connectivity index (χ3n) is 5.09. The van der Waals surface area contributed by atoms with E-state index in [-0.39, 0.29) is 0 Å². The molecule has 2 aromatic rings. The summed E-state index contributed by atoms with van der Waals surface area (Å²) in [5.74, 6) is 1.98. The van der Waals surface area contributed by atoms with Crippen LogP contribution in [0.5, 0.6) is 0 Å². The van der Waals surface area contributed by atoms with Gasteiger partial charge in [0.1, 0.15) is 17.4 Å². The molecule has 1 heterocycles. The minimum absolute atomic E-state index is 0.360. The maximum Gasteiger partial charge on any atom is 0.137 e. The van der Waals surface area contributed by atoms with Crippen LogP contribution in [-0.2, 0) is 0 Å². The Labute approximate surface area is 127 Å². The van der Waals surface area contributed by atoms with Crippen LogP contribution in [-0.4, -0.2) is 5.11 Å². The number of fused-ring (bicyclic) bond motifs is 1. The van der Waals surface area contributed by atoms with E-state index in [0.29, 0.717) is 5.92 Å². The molecule has 0 spiro atoms. The number of aliphatic hydroxyl groups is 1. The Morgan fingerprint density at radius 2 is 2.00 bits per heavy atom. The fourth-order valence-corrected chi connectivity index (χ4v) is 3.81. The molecule has 0 radical (unpaired) electrons. The zero-order valence-corrected chi connectivity index (χ0v) is 13.1. The topological polar surface area (TPSA) is 33.4 Å². The molecule has 1 aromatic heterocycles. The van der Waals surface area contributed by atoms with Crippen molar-refractivity contribution in [3.05, 3.63) is 35.6 Å². The van der Waals surface area contributed by atoms with E-state index < -0.39 is 6.10 Å². The molecule has 2 heteroatoms. The van der Waals surface area contributed by atoms with Crippen molar-refractivity contribution in [2.45, 2.75) is 58.5 Å². The second-order valence-electron chi connectivity index (χ2n) is 6.66. The minimum Gasteiger partial charge on any atom is -0.458 e. The molecule has 1 aliphatic carbocycles. The lowest BCUT2D eigenvalue weighted by Gasteiger charge is -2.30. The predicted octanol–water partition coefficient (Wildman–Crippen LogP) is 5.38. The van der Waals surface area contributed by atoms with Gasteiger partial charge in [0, 0.05) is 5.39 Å². The van der Waals surface area contributed by atoms with Gasteiger partial charge in [-0.3, -0.25) is 0 Å². The smallest absolute Gasteiger partial charge is 0.137 e. The average Bonchev–Trinajstić information content (AvgIpc) is 2.93. The van der Waals surface area contributed by atoms with Crippen LogP contribution in [0, 0.1) is 18.8 Å². The van der Waals surface area contributed by atoms with Crippen molar-refractivity contribution in [3.8, 4) is 0 Å². The maximum atomic E-state index is 10.7.